The fraction of sp³-hybridized carbons (Fsp3) is 0.294. The third-order valence-corrected chi connectivity index (χ3v) is 3.99. The van der Waals surface area contributed by atoms with Crippen LogP contribution in [0.3, 0.4) is 0 Å². The first-order valence-corrected chi connectivity index (χ1v) is 6.95. The van der Waals surface area contributed by atoms with Crippen LogP contribution in [0.1, 0.15) is 23.5 Å². The minimum Gasteiger partial charge on any atom is -0.316 e. The predicted molar refractivity (Wildman–Crippen MR) is 75.6 cm³/mol. The highest BCUT2D eigenvalue weighted by Gasteiger charge is 2.28. The van der Waals surface area contributed by atoms with Crippen LogP contribution in [0.15, 0.2) is 48.5 Å². The molecule has 20 heavy (non-hydrogen) atoms. The van der Waals surface area contributed by atoms with Gasteiger partial charge in [0.25, 0.3) is 0 Å². The topological polar surface area (TPSA) is 12.0 Å². The molecule has 0 aromatic heterocycles. The predicted octanol–water partition coefficient (Wildman–Crippen LogP) is 3.71. The normalized spacial score (nSPS) is 18.6. The van der Waals surface area contributed by atoms with Gasteiger partial charge in [0.05, 0.1) is 0 Å². The Labute approximate surface area is 117 Å². The minimum atomic E-state index is -0.241. The van der Waals surface area contributed by atoms with E-state index in [2.05, 4.69) is 5.32 Å². The van der Waals surface area contributed by atoms with Gasteiger partial charge in [0.15, 0.2) is 0 Å². The maximum Gasteiger partial charge on any atom is 0.123 e. The van der Waals surface area contributed by atoms with E-state index in [1.165, 1.54) is 12.1 Å². The molecule has 1 heterocycles. The highest BCUT2D eigenvalue weighted by Crippen LogP contribution is 2.35. The average molecular weight is 273 g/mol. The molecule has 1 fully saturated rings. The molecule has 0 aliphatic carbocycles. The van der Waals surface area contributed by atoms with Crippen molar-refractivity contribution in [3.63, 3.8) is 0 Å². The summed E-state index contributed by atoms with van der Waals surface area (Å²) in [6, 6.07) is 13.3. The molecule has 1 unspecified atom stereocenters. The molecule has 0 radical (unpaired) electrons. The molecule has 3 heteroatoms. The Morgan fingerprint density at radius 2 is 1.55 bits per heavy atom. The van der Waals surface area contributed by atoms with Crippen molar-refractivity contribution in [2.24, 2.45) is 5.92 Å². The third kappa shape index (κ3) is 2.73. The third-order valence-electron chi connectivity index (χ3n) is 3.99. The lowest BCUT2D eigenvalue weighted by Crippen LogP contribution is -2.18. The van der Waals surface area contributed by atoms with E-state index in [0.29, 0.717) is 5.92 Å². The molecule has 104 valence electrons. The maximum atomic E-state index is 13.5. The Balaban J connectivity index is 2.03. The second-order valence-corrected chi connectivity index (χ2v) is 5.34. The van der Waals surface area contributed by atoms with Crippen molar-refractivity contribution >= 4 is 0 Å². The van der Waals surface area contributed by atoms with Crippen LogP contribution in [0.4, 0.5) is 8.78 Å². The van der Waals surface area contributed by atoms with Crippen molar-refractivity contribution in [2.75, 3.05) is 13.1 Å². The van der Waals surface area contributed by atoms with E-state index in [1.54, 1.807) is 24.3 Å². The van der Waals surface area contributed by atoms with Gasteiger partial charge in [-0.15, -0.1) is 0 Å². The van der Waals surface area contributed by atoms with Gasteiger partial charge in [0, 0.05) is 5.92 Å². The van der Waals surface area contributed by atoms with Crippen LogP contribution in [0.5, 0.6) is 0 Å². The van der Waals surface area contributed by atoms with E-state index < -0.39 is 0 Å². The van der Waals surface area contributed by atoms with E-state index in [4.69, 9.17) is 0 Å². The molecule has 0 saturated carbocycles. The number of benzene rings is 2. The largest absolute Gasteiger partial charge is 0.316 e. The van der Waals surface area contributed by atoms with Crippen molar-refractivity contribution in [3.8, 4) is 0 Å². The molecule has 0 amide bonds. The van der Waals surface area contributed by atoms with Crippen LogP contribution in [0.2, 0.25) is 0 Å². The summed E-state index contributed by atoms with van der Waals surface area (Å²) in [6.07, 6.45) is 1.03. The Bertz CT molecular complexity index is 546. The Morgan fingerprint density at radius 3 is 2.00 bits per heavy atom. The summed E-state index contributed by atoms with van der Waals surface area (Å²) in [5, 5.41) is 3.33. The summed E-state index contributed by atoms with van der Waals surface area (Å²) >= 11 is 0. The molecule has 1 N–H and O–H groups in total. The van der Waals surface area contributed by atoms with Gasteiger partial charge in [-0.2, -0.15) is 0 Å². The smallest absolute Gasteiger partial charge is 0.123 e. The number of nitrogens with one attached hydrogen (secondary N) is 1. The van der Waals surface area contributed by atoms with Gasteiger partial charge in [0.1, 0.15) is 11.6 Å². The van der Waals surface area contributed by atoms with E-state index in [-0.39, 0.29) is 17.6 Å². The lowest BCUT2D eigenvalue weighted by atomic mass is 9.80. The number of hydrogen-bond donors (Lipinski definition) is 1. The van der Waals surface area contributed by atoms with Gasteiger partial charge < -0.3 is 5.32 Å². The highest BCUT2D eigenvalue weighted by atomic mass is 19.1. The van der Waals surface area contributed by atoms with Crippen molar-refractivity contribution in [3.05, 3.63) is 71.3 Å². The first-order valence-electron chi connectivity index (χ1n) is 6.95. The molecule has 1 nitrogen and oxygen atoms in total. The van der Waals surface area contributed by atoms with Crippen molar-refractivity contribution in [1.29, 1.82) is 0 Å². The van der Waals surface area contributed by atoms with Crippen molar-refractivity contribution in [1.82, 2.24) is 5.32 Å². The van der Waals surface area contributed by atoms with Gasteiger partial charge in [0.2, 0.25) is 0 Å². The summed E-state index contributed by atoms with van der Waals surface area (Å²) in [5.41, 5.74) is 1.84. The fourth-order valence-electron chi connectivity index (χ4n) is 3.10. The Hall–Kier alpha value is -1.74. The molecule has 2 aromatic rings. The summed E-state index contributed by atoms with van der Waals surface area (Å²) < 4.78 is 27.0. The zero-order valence-electron chi connectivity index (χ0n) is 11.2. The van der Waals surface area contributed by atoms with Gasteiger partial charge in [-0.1, -0.05) is 24.3 Å². The minimum absolute atomic E-state index is 0.0383. The van der Waals surface area contributed by atoms with Crippen molar-refractivity contribution in [2.45, 2.75) is 12.3 Å². The fourth-order valence-corrected chi connectivity index (χ4v) is 3.10. The first kappa shape index (κ1) is 13.3. The molecule has 3 rings (SSSR count). The summed E-state index contributed by atoms with van der Waals surface area (Å²) in [7, 11) is 0. The molecular formula is C17H17F2N. The van der Waals surface area contributed by atoms with Crippen LogP contribution in [0.25, 0.3) is 0 Å². The van der Waals surface area contributed by atoms with Gasteiger partial charge >= 0.3 is 0 Å². The Kier molecular flexibility index (Phi) is 3.79. The van der Waals surface area contributed by atoms with E-state index in [9.17, 15) is 8.78 Å². The van der Waals surface area contributed by atoms with Crippen LogP contribution in [-0.4, -0.2) is 13.1 Å². The van der Waals surface area contributed by atoms with E-state index >= 15 is 0 Å². The monoisotopic (exact) mass is 273 g/mol. The summed E-state index contributed by atoms with van der Waals surface area (Å²) in [6.45, 7) is 1.85. The van der Waals surface area contributed by atoms with Crippen LogP contribution >= 0.6 is 0 Å². The average Bonchev–Trinajstić information content (AvgIpc) is 2.93. The molecule has 1 aliphatic rings. The maximum absolute atomic E-state index is 13.5. The first-order chi connectivity index (χ1) is 9.74. The lowest BCUT2D eigenvalue weighted by Gasteiger charge is -2.24. The molecule has 0 spiro atoms. The second-order valence-electron chi connectivity index (χ2n) is 5.34. The van der Waals surface area contributed by atoms with Gasteiger partial charge in [-0.25, -0.2) is 8.78 Å². The van der Waals surface area contributed by atoms with E-state index in [0.717, 1.165) is 30.6 Å². The zero-order valence-corrected chi connectivity index (χ0v) is 11.2. The standard InChI is InChI=1S/C17H17F2N/c18-15-5-1-3-12(9-15)17(14-7-8-20-11-14)13-4-2-6-16(19)10-13/h1-6,9-10,14,17,20H,7-8,11H2. The SMILES string of the molecule is Fc1cccc(C(c2cccc(F)c2)C2CCNC2)c1. The molecule has 1 aliphatic heterocycles. The van der Waals surface area contributed by atoms with Crippen LogP contribution < -0.4 is 5.32 Å². The van der Waals surface area contributed by atoms with Crippen LogP contribution in [-0.2, 0) is 0 Å². The number of halogens is 2. The number of hydrogen-bond acceptors (Lipinski definition) is 1. The molecule has 0 bridgehead atoms. The zero-order chi connectivity index (χ0) is 13.9. The highest BCUT2D eigenvalue weighted by molar-refractivity contribution is 5.34. The van der Waals surface area contributed by atoms with E-state index in [1.807, 2.05) is 12.1 Å². The second kappa shape index (κ2) is 5.71. The molecule has 1 saturated heterocycles. The van der Waals surface area contributed by atoms with Gasteiger partial charge in [-0.05, 0) is 60.8 Å². The summed E-state index contributed by atoms with van der Waals surface area (Å²) in [4.78, 5) is 0. The molecule has 2 aromatic carbocycles. The number of rotatable bonds is 3. The summed E-state index contributed by atoms with van der Waals surface area (Å²) in [5.74, 6) is -0.0697. The lowest BCUT2D eigenvalue weighted by molar-refractivity contribution is 0.505. The quantitative estimate of drug-likeness (QED) is 0.899. The Morgan fingerprint density at radius 1 is 0.950 bits per heavy atom. The molecule has 1 atom stereocenters. The van der Waals surface area contributed by atoms with Crippen LogP contribution in [0, 0.1) is 17.6 Å². The van der Waals surface area contributed by atoms with Crippen molar-refractivity contribution < 1.29 is 8.78 Å². The van der Waals surface area contributed by atoms with Gasteiger partial charge in [-0.3, -0.25) is 0 Å². The molecular weight excluding hydrogens is 256 g/mol.